The molecule has 0 bridgehead atoms. The standard InChI is InChI=1S/C15H21ClN2O3/c1-10-15(2,3)21-8-7-18(10)14(19)17-11-5-6-13(20-4)12(16)9-11/h5-6,9-10H,7-8H2,1-4H3,(H,17,19)/t10-/m1/s1. The summed E-state index contributed by atoms with van der Waals surface area (Å²) in [7, 11) is 1.55. The number of hydrogen-bond donors (Lipinski definition) is 1. The third kappa shape index (κ3) is 3.41. The van der Waals surface area contributed by atoms with Crippen molar-refractivity contribution in [2.75, 3.05) is 25.6 Å². The summed E-state index contributed by atoms with van der Waals surface area (Å²) in [5.74, 6) is 0.579. The summed E-state index contributed by atoms with van der Waals surface area (Å²) in [6.45, 7) is 7.07. The van der Waals surface area contributed by atoms with Gasteiger partial charge in [0, 0.05) is 12.2 Å². The van der Waals surface area contributed by atoms with E-state index in [1.807, 2.05) is 20.8 Å². The van der Waals surface area contributed by atoms with Gasteiger partial charge in [0.1, 0.15) is 5.75 Å². The number of rotatable bonds is 2. The van der Waals surface area contributed by atoms with Gasteiger partial charge in [-0.2, -0.15) is 0 Å². The first-order chi connectivity index (χ1) is 9.85. The fourth-order valence-electron chi connectivity index (χ4n) is 2.31. The van der Waals surface area contributed by atoms with E-state index in [1.54, 1.807) is 30.2 Å². The number of carbonyl (C=O) groups excluding carboxylic acids is 1. The van der Waals surface area contributed by atoms with Gasteiger partial charge in [0.2, 0.25) is 0 Å². The molecule has 1 aromatic carbocycles. The van der Waals surface area contributed by atoms with E-state index >= 15 is 0 Å². The van der Waals surface area contributed by atoms with Crippen molar-refractivity contribution in [3.05, 3.63) is 23.2 Å². The topological polar surface area (TPSA) is 50.8 Å². The molecule has 116 valence electrons. The normalized spacial score (nSPS) is 21.0. The largest absolute Gasteiger partial charge is 0.495 e. The molecule has 21 heavy (non-hydrogen) atoms. The Kier molecular flexibility index (Phi) is 4.64. The van der Waals surface area contributed by atoms with Crippen LogP contribution in [0, 0.1) is 0 Å². The van der Waals surface area contributed by atoms with E-state index in [2.05, 4.69) is 5.32 Å². The molecule has 6 heteroatoms. The highest BCUT2D eigenvalue weighted by atomic mass is 35.5. The van der Waals surface area contributed by atoms with Crippen LogP contribution in [0.25, 0.3) is 0 Å². The highest BCUT2D eigenvalue weighted by molar-refractivity contribution is 6.32. The minimum absolute atomic E-state index is 0.0139. The Morgan fingerprint density at radius 1 is 1.52 bits per heavy atom. The van der Waals surface area contributed by atoms with Crippen LogP contribution in [0.4, 0.5) is 10.5 Å². The lowest BCUT2D eigenvalue weighted by Crippen LogP contribution is -2.58. The van der Waals surface area contributed by atoms with E-state index < -0.39 is 0 Å². The fourth-order valence-corrected chi connectivity index (χ4v) is 2.57. The summed E-state index contributed by atoms with van der Waals surface area (Å²) in [5.41, 5.74) is 0.287. The first kappa shape index (κ1) is 15.9. The molecule has 0 spiro atoms. The minimum atomic E-state index is -0.354. The SMILES string of the molecule is COc1ccc(NC(=O)N2CCOC(C)(C)[C@H]2C)cc1Cl. The van der Waals surface area contributed by atoms with Gasteiger partial charge in [-0.1, -0.05) is 11.6 Å². The molecule has 1 fully saturated rings. The van der Waals surface area contributed by atoms with Crippen LogP contribution in [0.3, 0.4) is 0 Å². The number of carbonyl (C=O) groups is 1. The molecule has 0 aromatic heterocycles. The van der Waals surface area contributed by atoms with Crippen LogP contribution in [-0.2, 0) is 4.74 Å². The van der Waals surface area contributed by atoms with E-state index in [9.17, 15) is 4.79 Å². The number of benzene rings is 1. The first-order valence-electron chi connectivity index (χ1n) is 6.90. The third-order valence-electron chi connectivity index (χ3n) is 3.94. The summed E-state index contributed by atoms with van der Waals surface area (Å²) < 4.78 is 10.8. The van der Waals surface area contributed by atoms with Gasteiger partial charge in [-0.05, 0) is 39.0 Å². The molecule has 0 aliphatic carbocycles. The Morgan fingerprint density at radius 2 is 2.24 bits per heavy atom. The fraction of sp³-hybridized carbons (Fsp3) is 0.533. The molecule has 5 nitrogen and oxygen atoms in total. The molecule has 0 unspecified atom stereocenters. The maximum absolute atomic E-state index is 12.4. The van der Waals surface area contributed by atoms with Crippen molar-refractivity contribution in [3.63, 3.8) is 0 Å². The molecule has 1 heterocycles. The maximum Gasteiger partial charge on any atom is 0.322 e. The van der Waals surface area contributed by atoms with Crippen LogP contribution >= 0.6 is 11.6 Å². The van der Waals surface area contributed by atoms with E-state index in [-0.39, 0.29) is 17.7 Å². The first-order valence-corrected chi connectivity index (χ1v) is 7.28. The minimum Gasteiger partial charge on any atom is -0.495 e. The lowest BCUT2D eigenvalue weighted by atomic mass is 9.97. The van der Waals surface area contributed by atoms with Gasteiger partial charge in [0.25, 0.3) is 0 Å². The zero-order chi connectivity index (χ0) is 15.6. The second-order valence-corrected chi connectivity index (χ2v) is 6.01. The summed E-state index contributed by atoms with van der Waals surface area (Å²) in [5, 5.41) is 3.33. The van der Waals surface area contributed by atoms with Crippen LogP contribution in [-0.4, -0.2) is 42.8 Å². The van der Waals surface area contributed by atoms with Crippen molar-refractivity contribution in [1.82, 2.24) is 4.90 Å². The number of nitrogens with one attached hydrogen (secondary N) is 1. The van der Waals surface area contributed by atoms with Crippen molar-refractivity contribution in [2.24, 2.45) is 0 Å². The van der Waals surface area contributed by atoms with E-state index in [1.165, 1.54) is 0 Å². The summed E-state index contributed by atoms with van der Waals surface area (Å²) in [6.07, 6.45) is 0. The zero-order valence-corrected chi connectivity index (χ0v) is 13.5. The van der Waals surface area contributed by atoms with Crippen LogP contribution in [0.5, 0.6) is 5.75 Å². The van der Waals surface area contributed by atoms with Crippen LogP contribution in [0.2, 0.25) is 5.02 Å². The lowest BCUT2D eigenvalue weighted by Gasteiger charge is -2.44. The highest BCUT2D eigenvalue weighted by Crippen LogP contribution is 2.28. The van der Waals surface area contributed by atoms with Crippen molar-refractivity contribution in [1.29, 1.82) is 0 Å². The number of urea groups is 1. The Balaban J connectivity index is 2.09. The van der Waals surface area contributed by atoms with Crippen LogP contribution in [0.15, 0.2) is 18.2 Å². The van der Waals surface area contributed by atoms with Gasteiger partial charge in [0.15, 0.2) is 0 Å². The second-order valence-electron chi connectivity index (χ2n) is 5.60. The Bertz CT molecular complexity index is 534. The third-order valence-corrected chi connectivity index (χ3v) is 4.24. The van der Waals surface area contributed by atoms with Gasteiger partial charge in [0.05, 0.1) is 30.4 Å². The van der Waals surface area contributed by atoms with Crippen molar-refractivity contribution in [2.45, 2.75) is 32.4 Å². The molecule has 1 aromatic rings. The predicted molar refractivity (Wildman–Crippen MR) is 83.2 cm³/mol. The number of nitrogens with zero attached hydrogens (tertiary/aromatic N) is 1. The molecule has 2 rings (SSSR count). The number of anilines is 1. The highest BCUT2D eigenvalue weighted by Gasteiger charge is 2.37. The summed E-state index contributed by atoms with van der Waals surface area (Å²) in [4.78, 5) is 14.2. The number of hydrogen-bond acceptors (Lipinski definition) is 3. The molecule has 0 saturated carbocycles. The molecule has 0 radical (unpaired) electrons. The number of halogens is 1. The Hall–Kier alpha value is -1.46. The number of ether oxygens (including phenoxy) is 2. The van der Waals surface area contributed by atoms with Gasteiger partial charge in [-0.15, -0.1) is 0 Å². The van der Waals surface area contributed by atoms with E-state index in [4.69, 9.17) is 21.1 Å². The average molecular weight is 313 g/mol. The van der Waals surface area contributed by atoms with Crippen molar-refractivity contribution < 1.29 is 14.3 Å². The number of amides is 2. The molecule has 1 aliphatic rings. The van der Waals surface area contributed by atoms with Crippen molar-refractivity contribution in [3.8, 4) is 5.75 Å². The number of methoxy groups -OCH3 is 1. The molecule has 2 amide bonds. The molecular weight excluding hydrogens is 292 g/mol. The Morgan fingerprint density at radius 3 is 2.86 bits per heavy atom. The predicted octanol–water partition coefficient (Wildman–Crippen LogP) is 3.38. The van der Waals surface area contributed by atoms with Gasteiger partial charge < -0.3 is 19.7 Å². The monoisotopic (exact) mass is 312 g/mol. The van der Waals surface area contributed by atoms with Crippen LogP contribution in [0.1, 0.15) is 20.8 Å². The Labute approximate surface area is 130 Å². The molecule has 1 aliphatic heterocycles. The quantitative estimate of drug-likeness (QED) is 0.910. The van der Waals surface area contributed by atoms with Crippen molar-refractivity contribution >= 4 is 23.3 Å². The molecule has 1 N–H and O–H groups in total. The van der Waals surface area contributed by atoms with E-state index in [0.29, 0.717) is 29.6 Å². The van der Waals surface area contributed by atoms with Gasteiger partial charge >= 0.3 is 6.03 Å². The molecular formula is C15H21ClN2O3. The van der Waals surface area contributed by atoms with Crippen LogP contribution < -0.4 is 10.1 Å². The average Bonchev–Trinajstić information content (AvgIpc) is 2.42. The molecule has 1 saturated heterocycles. The molecule has 1 atom stereocenters. The second kappa shape index (κ2) is 6.12. The van der Waals surface area contributed by atoms with Gasteiger partial charge in [-0.3, -0.25) is 0 Å². The van der Waals surface area contributed by atoms with E-state index in [0.717, 1.165) is 0 Å². The number of morpholine rings is 1. The lowest BCUT2D eigenvalue weighted by molar-refractivity contribution is -0.105. The maximum atomic E-state index is 12.4. The summed E-state index contributed by atoms with van der Waals surface area (Å²) in [6, 6.07) is 5.00. The van der Waals surface area contributed by atoms with Gasteiger partial charge in [-0.25, -0.2) is 4.79 Å². The zero-order valence-electron chi connectivity index (χ0n) is 12.8. The smallest absolute Gasteiger partial charge is 0.322 e. The summed E-state index contributed by atoms with van der Waals surface area (Å²) >= 11 is 6.06.